The average molecular weight is 431 g/mol. The largest absolute Gasteiger partial charge is 0.321 e. The van der Waals surface area contributed by atoms with Crippen LogP contribution in [0.1, 0.15) is 50.4 Å². The number of carbonyl (C=O) groups is 1. The summed E-state index contributed by atoms with van der Waals surface area (Å²) in [5, 5.41) is 8.50. The van der Waals surface area contributed by atoms with Crippen molar-refractivity contribution in [2.75, 3.05) is 5.32 Å². The highest BCUT2D eigenvalue weighted by atomic mass is 32.1. The number of hydrogen-bond donors (Lipinski definition) is 1. The van der Waals surface area contributed by atoms with Crippen molar-refractivity contribution in [1.29, 1.82) is 0 Å². The number of rotatable bonds is 6. The predicted molar refractivity (Wildman–Crippen MR) is 126 cm³/mol. The van der Waals surface area contributed by atoms with Crippen LogP contribution in [0.25, 0.3) is 5.13 Å². The summed E-state index contributed by atoms with van der Waals surface area (Å²) >= 11 is 1.37. The first-order chi connectivity index (χ1) is 15.0. The van der Waals surface area contributed by atoms with Crippen LogP contribution in [0.5, 0.6) is 0 Å². The Morgan fingerprint density at radius 2 is 1.71 bits per heavy atom. The predicted octanol–water partition coefficient (Wildman–Crippen LogP) is 5.66. The van der Waals surface area contributed by atoms with Crippen LogP contribution >= 0.6 is 11.3 Å². The van der Waals surface area contributed by atoms with E-state index >= 15 is 0 Å². The van der Waals surface area contributed by atoms with Gasteiger partial charge >= 0.3 is 0 Å². The molecule has 0 spiro atoms. The van der Waals surface area contributed by atoms with E-state index in [0.717, 1.165) is 35.5 Å². The second-order valence-electron chi connectivity index (χ2n) is 7.60. The summed E-state index contributed by atoms with van der Waals surface area (Å²) in [7, 11) is 0. The fourth-order valence-electron chi connectivity index (χ4n) is 3.73. The van der Waals surface area contributed by atoms with Crippen LogP contribution in [-0.2, 0) is 12.8 Å². The van der Waals surface area contributed by atoms with Crippen LogP contribution in [0, 0.1) is 20.8 Å². The fraction of sp³-hybridized carbons (Fsp3) is 0.240. The van der Waals surface area contributed by atoms with Crippen LogP contribution in [-0.4, -0.2) is 20.7 Å². The van der Waals surface area contributed by atoms with Gasteiger partial charge in [-0.15, -0.1) is 0 Å². The molecule has 0 radical (unpaired) electrons. The van der Waals surface area contributed by atoms with Crippen molar-refractivity contribution >= 4 is 22.9 Å². The molecule has 6 heteroatoms. The quantitative estimate of drug-likeness (QED) is 0.429. The van der Waals surface area contributed by atoms with Gasteiger partial charge in [0.25, 0.3) is 5.91 Å². The molecule has 158 valence electrons. The standard InChI is InChI=1S/C25H26N4OS/c1-5-20-13-9-10-14-22(20)27-24(30)23-17(3)26-25(31-23)29-18(4)21(16(2)28-29)15-19-11-7-6-8-12-19/h6-14H,5,15H2,1-4H3,(H,27,30). The summed E-state index contributed by atoms with van der Waals surface area (Å²) in [4.78, 5) is 18.3. The molecule has 31 heavy (non-hydrogen) atoms. The summed E-state index contributed by atoms with van der Waals surface area (Å²) < 4.78 is 1.86. The monoisotopic (exact) mass is 430 g/mol. The molecule has 0 atom stereocenters. The van der Waals surface area contributed by atoms with Crippen LogP contribution in [0.2, 0.25) is 0 Å². The van der Waals surface area contributed by atoms with Gasteiger partial charge in [0, 0.05) is 23.4 Å². The van der Waals surface area contributed by atoms with Crippen LogP contribution < -0.4 is 5.32 Å². The molecule has 2 aromatic carbocycles. The smallest absolute Gasteiger partial charge is 0.267 e. The Labute approximate surface area is 186 Å². The Morgan fingerprint density at radius 1 is 1.00 bits per heavy atom. The number of thiazole rings is 1. The first-order valence-corrected chi connectivity index (χ1v) is 11.3. The van der Waals surface area contributed by atoms with Gasteiger partial charge in [0.2, 0.25) is 5.13 Å². The molecule has 0 fully saturated rings. The van der Waals surface area contributed by atoms with E-state index in [9.17, 15) is 4.79 Å². The van der Waals surface area contributed by atoms with E-state index in [1.807, 2.05) is 48.9 Å². The molecule has 0 aliphatic carbocycles. The summed E-state index contributed by atoms with van der Waals surface area (Å²) in [6.07, 6.45) is 1.68. The number of nitrogens with one attached hydrogen (secondary N) is 1. The maximum atomic E-state index is 13.0. The van der Waals surface area contributed by atoms with Gasteiger partial charge in [0.1, 0.15) is 4.88 Å². The molecule has 0 aliphatic heterocycles. The first-order valence-electron chi connectivity index (χ1n) is 10.4. The van der Waals surface area contributed by atoms with Gasteiger partial charge in [-0.25, -0.2) is 9.67 Å². The Morgan fingerprint density at radius 3 is 2.45 bits per heavy atom. The van der Waals surface area contributed by atoms with Crippen molar-refractivity contribution in [2.24, 2.45) is 0 Å². The number of amides is 1. The molecule has 1 N–H and O–H groups in total. The summed E-state index contributed by atoms with van der Waals surface area (Å²) in [5.74, 6) is -0.131. The Hall–Kier alpha value is -3.25. The molecule has 0 aliphatic rings. The molecule has 2 aromatic heterocycles. The number of anilines is 1. The van der Waals surface area contributed by atoms with Gasteiger partial charge in [-0.2, -0.15) is 5.10 Å². The number of aromatic nitrogens is 3. The minimum Gasteiger partial charge on any atom is -0.321 e. The van der Waals surface area contributed by atoms with Crippen molar-refractivity contribution < 1.29 is 4.79 Å². The second-order valence-corrected chi connectivity index (χ2v) is 8.58. The topological polar surface area (TPSA) is 59.8 Å². The summed E-state index contributed by atoms with van der Waals surface area (Å²) in [6, 6.07) is 18.3. The molecule has 0 bridgehead atoms. The number of aryl methyl sites for hydroxylation is 3. The minimum atomic E-state index is -0.131. The maximum absolute atomic E-state index is 13.0. The normalized spacial score (nSPS) is 11.0. The SMILES string of the molecule is CCc1ccccc1NC(=O)c1sc(-n2nc(C)c(Cc3ccccc3)c2C)nc1C. The van der Waals surface area contributed by atoms with Crippen molar-refractivity contribution in [3.05, 3.63) is 93.2 Å². The van der Waals surface area contributed by atoms with E-state index in [-0.39, 0.29) is 5.91 Å². The van der Waals surface area contributed by atoms with E-state index in [1.165, 1.54) is 22.5 Å². The van der Waals surface area contributed by atoms with Crippen molar-refractivity contribution in [1.82, 2.24) is 14.8 Å². The third-order valence-corrected chi connectivity index (χ3v) is 6.62. The van der Waals surface area contributed by atoms with Gasteiger partial charge < -0.3 is 5.32 Å². The molecule has 5 nitrogen and oxygen atoms in total. The zero-order valence-electron chi connectivity index (χ0n) is 18.3. The van der Waals surface area contributed by atoms with Gasteiger partial charge in [-0.05, 0) is 44.4 Å². The van der Waals surface area contributed by atoms with Gasteiger partial charge in [-0.3, -0.25) is 4.79 Å². The van der Waals surface area contributed by atoms with Gasteiger partial charge in [0.15, 0.2) is 0 Å². The highest BCUT2D eigenvalue weighted by molar-refractivity contribution is 7.16. The Bertz CT molecular complexity index is 1220. The lowest BCUT2D eigenvalue weighted by molar-refractivity contribution is 0.102. The highest BCUT2D eigenvalue weighted by Gasteiger charge is 2.20. The van der Waals surface area contributed by atoms with Crippen LogP contribution in [0.3, 0.4) is 0 Å². The van der Waals surface area contributed by atoms with Gasteiger partial charge in [0.05, 0.1) is 11.4 Å². The molecular weight excluding hydrogens is 404 g/mol. The number of nitrogens with zero attached hydrogens (tertiary/aromatic N) is 3. The number of carbonyl (C=O) groups excluding carboxylic acids is 1. The lowest BCUT2D eigenvalue weighted by Crippen LogP contribution is -2.12. The first kappa shape index (κ1) is 21.0. The molecule has 0 unspecified atom stereocenters. The molecular formula is C25H26N4OS. The highest BCUT2D eigenvalue weighted by Crippen LogP contribution is 2.27. The van der Waals surface area contributed by atoms with E-state index in [1.54, 1.807) is 0 Å². The second kappa shape index (κ2) is 8.86. The molecule has 4 aromatic rings. The lowest BCUT2D eigenvalue weighted by atomic mass is 10.0. The molecule has 0 saturated heterocycles. The van der Waals surface area contributed by atoms with Crippen molar-refractivity contribution in [3.63, 3.8) is 0 Å². The average Bonchev–Trinajstić information content (AvgIpc) is 3.29. The van der Waals surface area contributed by atoms with E-state index in [4.69, 9.17) is 5.10 Å². The molecule has 0 saturated carbocycles. The van der Waals surface area contributed by atoms with E-state index in [2.05, 4.69) is 48.4 Å². The third kappa shape index (κ3) is 4.30. The zero-order valence-corrected chi connectivity index (χ0v) is 19.1. The van der Waals surface area contributed by atoms with Crippen LogP contribution in [0.4, 0.5) is 5.69 Å². The molecule has 1 amide bonds. The summed E-state index contributed by atoms with van der Waals surface area (Å²) in [6.45, 7) is 8.04. The van der Waals surface area contributed by atoms with Crippen molar-refractivity contribution in [2.45, 2.75) is 40.5 Å². The van der Waals surface area contributed by atoms with Crippen LogP contribution in [0.15, 0.2) is 54.6 Å². The lowest BCUT2D eigenvalue weighted by Gasteiger charge is -2.08. The van der Waals surface area contributed by atoms with E-state index in [0.29, 0.717) is 15.7 Å². The van der Waals surface area contributed by atoms with E-state index < -0.39 is 0 Å². The Kier molecular flexibility index (Phi) is 6.00. The molecule has 2 heterocycles. The Balaban J connectivity index is 1.62. The molecule has 4 rings (SSSR count). The van der Waals surface area contributed by atoms with Crippen molar-refractivity contribution in [3.8, 4) is 5.13 Å². The van der Waals surface area contributed by atoms with Gasteiger partial charge in [-0.1, -0.05) is 66.8 Å². The number of para-hydroxylation sites is 1. The number of hydrogen-bond acceptors (Lipinski definition) is 4. The maximum Gasteiger partial charge on any atom is 0.267 e. The fourth-order valence-corrected chi connectivity index (χ4v) is 4.70. The third-order valence-electron chi connectivity index (χ3n) is 5.48. The zero-order chi connectivity index (χ0) is 22.0. The minimum absolute atomic E-state index is 0.131. The number of benzene rings is 2. The summed E-state index contributed by atoms with van der Waals surface area (Å²) in [5.41, 5.74) is 7.15.